The van der Waals surface area contributed by atoms with E-state index >= 15 is 0 Å². The molecule has 1 heterocycles. The number of halogens is 1. The number of hydrogen-bond donors (Lipinski definition) is 1. The molecule has 0 bridgehead atoms. The van der Waals surface area contributed by atoms with Gasteiger partial charge in [0.25, 0.3) is 0 Å². The minimum atomic E-state index is -0.228. The van der Waals surface area contributed by atoms with Crippen LogP contribution in [0, 0.1) is 11.2 Å². The van der Waals surface area contributed by atoms with Crippen molar-refractivity contribution in [1.29, 1.82) is 0 Å². The molecular formula is C19H28FN3O. The summed E-state index contributed by atoms with van der Waals surface area (Å²) in [5.74, 6) is 0.749. The van der Waals surface area contributed by atoms with Gasteiger partial charge < -0.3 is 15.0 Å². The molecule has 1 aliphatic carbocycles. The van der Waals surface area contributed by atoms with E-state index in [1.807, 2.05) is 0 Å². The summed E-state index contributed by atoms with van der Waals surface area (Å²) in [4.78, 5) is 7.19. The molecule has 24 heavy (non-hydrogen) atoms. The van der Waals surface area contributed by atoms with Crippen LogP contribution in [0.15, 0.2) is 29.3 Å². The molecular weight excluding hydrogens is 305 g/mol. The molecule has 1 aromatic carbocycles. The second kappa shape index (κ2) is 7.51. The lowest BCUT2D eigenvalue weighted by Crippen LogP contribution is -2.42. The van der Waals surface area contributed by atoms with E-state index < -0.39 is 0 Å². The minimum absolute atomic E-state index is 0.153. The molecule has 1 N–H and O–H groups in total. The number of nitrogens with one attached hydrogen (secondary N) is 1. The fraction of sp³-hybridized carbons (Fsp3) is 0.632. The van der Waals surface area contributed by atoms with Crippen molar-refractivity contribution < 1.29 is 9.13 Å². The highest BCUT2D eigenvalue weighted by Gasteiger charge is 2.43. The number of benzene rings is 1. The van der Waals surface area contributed by atoms with E-state index in [1.165, 1.54) is 37.8 Å². The van der Waals surface area contributed by atoms with Crippen molar-refractivity contribution in [1.82, 2.24) is 10.2 Å². The predicted octanol–water partition coefficient (Wildman–Crippen LogP) is 3.35. The number of rotatable bonds is 5. The van der Waals surface area contributed by atoms with Crippen LogP contribution in [0.2, 0.25) is 0 Å². The average molecular weight is 333 g/mol. The third-order valence-corrected chi connectivity index (χ3v) is 5.42. The summed E-state index contributed by atoms with van der Waals surface area (Å²) in [5.41, 5.74) is 1.50. The van der Waals surface area contributed by atoms with Gasteiger partial charge in [0.1, 0.15) is 11.9 Å². The molecule has 3 rings (SSSR count). The summed E-state index contributed by atoms with van der Waals surface area (Å²) in [6.07, 6.45) is 5.22. The molecule has 1 aromatic rings. The van der Waals surface area contributed by atoms with Crippen LogP contribution in [-0.2, 0) is 4.74 Å². The first-order valence-corrected chi connectivity index (χ1v) is 8.97. The van der Waals surface area contributed by atoms with Crippen LogP contribution in [-0.4, -0.2) is 44.1 Å². The molecule has 1 atom stereocenters. The number of likely N-dealkylation sites (tertiary alicyclic amines) is 1. The first-order valence-electron chi connectivity index (χ1n) is 8.97. The van der Waals surface area contributed by atoms with Crippen LogP contribution >= 0.6 is 0 Å². The molecule has 132 valence electrons. The van der Waals surface area contributed by atoms with Crippen molar-refractivity contribution in [2.24, 2.45) is 10.4 Å². The fourth-order valence-electron chi connectivity index (χ4n) is 3.79. The lowest BCUT2D eigenvalue weighted by molar-refractivity contribution is 0.110. The molecule has 2 fully saturated rings. The molecule has 1 spiro atoms. The van der Waals surface area contributed by atoms with Crippen molar-refractivity contribution in [3.05, 3.63) is 35.6 Å². The van der Waals surface area contributed by atoms with Crippen molar-refractivity contribution in [3.63, 3.8) is 0 Å². The summed E-state index contributed by atoms with van der Waals surface area (Å²) in [6.45, 7) is 5.69. The first kappa shape index (κ1) is 17.2. The van der Waals surface area contributed by atoms with Crippen LogP contribution in [0.5, 0.6) is 0 Å². The van der Waals surface area contributed by atoms with Gasteiger partial charge in [0.2, 0.25) is 0 Å². The Kier molecular flexibility index (Phi) is 5.39. The monoisotopic (exact) mass is 333 g/mol. The quantitative estimate of drug-likeness (QED) is 0.663. The third-order valence-electron chi connectivity index (χ3n) is 5.42. The standard InChI is InChI=1S/C19H28FN3O/c1-3-21-18(23-12-11-19(14-23)9-4-10-19)22-13-17(24-2)15-5-7-16(20)8-6-15/h5-8,17H,3-4,9-14H2,1-2H3,(H,21,22). The summed E-state index contributed by atoms with van der Waals surface area (Å²) < 4.78 is 18.7. The summed E-state index contributed by atoms with van der Waals surface area (Å²) in [5, 5.41) is 3.41. The van der Waals surface area contributed by atoms with Gasteiger partial charge >= 0.3 is 0 Å². The van der Waals surface area contributed by atoms with Gasteiger partial charge in [-0.15, -0.1) is 0 Å². The van der Waals surface area contributed by atoms with Gasteiger partial charge in [-0.1, -0.05) is 18.6 Å². The van der Waals surface area contributed by atoms with E-state index in [0.717, 1.165) is 31.2 Å². The van der Waals surface area contributed by atoms with Crippen molar-refractivity contribution in [2.75, 3.05) is 33.3 Å². The Morgan fingerprint density at radius 3 is 2.62 bits per heavy atom. The van der Waals surface area contributed by atoms with Crippen molar-refractivity contribution in [3.8, 4) is 0 Å². The number of nitrogens with zero attached hydrogens (tertiary/aromatic N) is 2. The Labute approximate surface area is 144 Å². The van der Waals surface area contributed by atoms with E-state index in [4.69, 9.17) is 9.73 Å². The maximum Gasteiger partial charge on any atom is 0.194 e. The number of ether oxygens (including phenoxy) is 1. The Bertz CT molecular complexity index is 568. The maximum atomic E-state index is 13.1. The van der Waals surface area contributed by atoms with Gasteiger partial charge in [-0.25, -0.2) is 4.39 Å². The van der Waals surface area contributed by atoms with Gasteiger partial charge in [0, 0.05) is 26.7 Å². The number of hydrogen-bond acceptors (Lipinski definition) is 2. The number of guanidine groups is 1. The zero-order valence-electron chi connectivity index (χ0n) is 14.7. The third kappa shape index (κ3) is 3.72. The lowest BCUT2D eigenvalue weighted by Gasteiger charge is -2.38. The predicted molar refractivity (Wildman–Crippen MR) is 94.6 cm³/mol. The molecule has 4 nitrogen and oxygen atoms in total. The maximum absolute atomic E-state index is 13.1. The number of methoxy groups -OCH3 is 1. The molecule has 5 heteroatoms. The fourth-order valence-corrected chi connectivity index (χ4v) is 3.79. The largest absolute Gasteiger partial charge is 0.375 e. The molecule has 1 saturated carbocycles. The zero-order chi connectivity index (χ0) is 17.0. The second-order valence-electron chi connectivity index (χ2n) is 7.00. The van der Waals surface area contributed by atoms with Gasteiger partial charge in [0.15, 0.2) is 5.96 Å². The van der Waals surface area contributed by atoms with Crippen molar-refractivity contribution >= 4 is 5.96 Å². The van der Waals surface area contributed by atoms with E-state index in [1.54, 1.807) is 19.2 Å². The van der Waals surface area contributed by atoms with Crippen molar-refractivity contribution in [2.45, 2.75) is 38.7 Å². The molecule has 1 aliphatic heterocycles. The van der Waals surface area contributed by atoms with Crippen LogP contribution < -0.4 is 5.32 Å². The minimum Gasteiger partial charge on any atom is -0.375 e. The highest BCUT2D eigenvalue weighted by molar-refractivity contribution is 5.80. The van der Waals surface area contributed by atoms with E-state index in [-0.39, 0.29) is 11.9 Å². The molecule has 1 saturated heterocycles. The van der Waals surface area contributed by atoms with Crippen LogP contribution in [0.25, 0.3) is 0 Å². The highest BCUT2D eigenvalue weighted by atomic mass is 19.1. The summed E-state index contributed by atoms with van der Waals surface area (Å²) in [6, 6.07) is 6.48. The molecule has 1 unspecified atom stereocenters. The van der Waals surface area contributed by atoms with Crippen LogP contribution in [0.1, 0.15) is 44.3 Å². The van der Waals surface area contributed by atoms with E-state index in [9.17, 15) is 4.39 Å². The molecule has 0 amide bonds. The highest BCUT2D eigenvalue weighted by Crippen LogP contribution is 2.47. The zero-order valence-corrected chi connectivity index (χ0v) is 14.7. The first-order chi connectivity index (χ1) is 11.7. The Morgan fingerprint density at radius 2 is 2.08 bits per heavy atom. The topological polar surface area (TPSA) is 36.9 Å². The smallest absolute Gasteiger partial charge is 0.194 e. The Morgan fingerprint density at radius 1 is 1.33 bits per heavy atom. The van der Waals surface area contributed by atoms with Gasteiger partial charge in [-0.2, -0.15) is 0 Å². The summed E-state index contributed by atoms with van der Waals surface area (Å²) >= 11 is 0. The average Bonchev–Trinajstić information content (AvgIpc) is 3.02. The van der Waals surface area contributed by atoms with E-state index in [0.29, 0.717) is 12.0 Å². The van der Waals surface area contributed by atoms with Gasteiger partial charge in [0.05, 0.1) is 6.54 Å². The number of aliphatic imine (C=N–C) groups is 1. The summed E-state index contributed by atoms with van der Waals surface area (Å²) in [7, 11) is 1.68. The normalized spacial score (nSPS) is 21.0. The Hall–Kier alpha value is -1.62. The molecule has 0 aromatic heterocycles. The van der Waals surface area contributed by atoms with Gasteiger partial charge in [-0.05, 0) is 49.3 Å². The van der Waals surface area contributed by atoms with Crippen LogP contribution in [0.4, 0.5) is 4.39 Å². The molecule has 2 aliphatic rings. The SMILES string of the molecule is CCNC(=NCC(OC)c1ccc(F)cc1)N1CCC2(CCC2)C1. The second-order valence-corrected chi connectivity index (χ2v) is 7.00. The molecule has 0 radical (unpaired) electrons. The van der Waals surface area contributed by atoms with E-state index in [2.05, 4.69) is 17.1 Å². The van der Waals surface area contributed by atoms with Gasteiger partial charge in [-0.3, -0.25) is 4.99 Å². The lowest BCUT2D eigenvalue weighted by atomic mass is 9.68. The Balaban J connectivity index is 1.67. The van der Waals surface area contributed by atoms with Crippen LogP contribution in [0.3, 0.4) is 0 Å².